The number of carbonyl (C=O) groups excluding carboxylic acids is 1. The molecule has 0 saturated carbocycles. The molecule has 0 fully saturated rings. The first-order valence-corrected chi connectivity index (χ1v) is 7.04. The van der Waals surface area contributed by atoms with Gasteiger partial charge in [-0.25, -0.2) is 9.18 Å². The fourth-order valence-electron chi connectivity index (χ4n) is 2.10. The Kier molecular flexibility index (Phi) is 4.62. The van der Waals surface area contributed by atoms with Gasteiger partial charge in [0.25, 0.3) is 0 Å². The molecule has 0 unspecified atom stereocenters. The molecule has 0 aliphatic carbocycles. The molecule has 115 valence electrons. The highest BCUT2D eigenvalue weighted by atomic mass is 19.1. The average molecular weight is 300 g/mol. The first-order valence-electron chi connectivity index (χ1n) is 7.04. The van der Waals surface area contributed by atoms with E-state index in [1.807, 2.05) is 0 Å². The quantitative estimate of drug-likeness (QED) is 0.879. The summed E-state index contributed by atoms with van der Waals surface area (Å²) in [5.41, 5.74) is 7.25. The zero-order chi connectivity index (χ0) is 16.3. The Morgan fingerprint density at radius 2 is 2.00 bits per heavy atom. The van der Waals surface area contributed by atoms with E-state index in [0.717, 1.165) is 5.56 Å². The molecule has 0 heterocycles. The van der Waals surface area contributed by atoms with Crippen molar-refractivity contribution in [1.29, 1.82) is 0 Å². The number of hydrogen-bond donors (Lipinski definition) is 1. The van der Waals surface area contributed by atoms with E-state index >= 15 is 0 Å². The van der Waals surface area contributed by atoms with Crippen molar-refractivity contribution in [3.63, 3.8) is 0 Å². The monoisotopic (exact) mass is 300 g/mol. The van der Waals surface area contributed by atoms with Gasteiger partial charge in [0.1, 0.15) is 11.4 Å². The average Bonchev–Trinajstić information content (AvgIpc) is 2.45. The molecule has 2 aromatic rings. The molecule has 0 saturated heterocycles. The molecule has 22 heavy (non-hydrogen) atoms. The third-order valence-corrected chi connectivity index (χ3v) is 3.07. The molecule has 2 rings (SSSR count). The van der Waals surface area contributed by atoms with Crippen LogP contribution in [0.2, 0.25) is 0 Å². The molecule has 2 aromatic carbocycles. The van der Waals surface area contributed by atoms with Gasteiger partial charge in [0.05, 0.1) is 5.56 Å². The van der Waals surface area contributed by atoms with Gasteiger partial charge in [-0.2, -0.15) is 0 Å². The lowest BCUT2D eigenvalue weighted by molar-refractivity contribution is 0.00695. The van der Waals surface area contributed by atoms with Gasteiger partial charge >= 0.3 is 5.97 Å². The number of ether oxygens (including phenoxy) is 1. The van der Waals surface area contributed by atoms with Crippen molar-refractivity contribution in [2.45, 2.75) is 32.9 Å². The van der Waals surface area contributed by atoms with Crippen molar-refractivity contribution in [1.82, 2.24) is 0 Å². The van der Waals surface area contributed by atoms with Gasteiger partial charge in [0.15, 0.2) is 0 Å². The van der Waals surface area contributed by atoms with Crippen LogP contribution >= 0.6 is 0 Å². The van der Waals surface area contributed by atoms with Crippen LogP contribution in [0.25, 0.3) is 11.1 Å². The van der Waals surface area contributed by atoms with Crippen LogP contribution in [0.4, 0.5) is 4.39 Å². The van der Waals surface area contributed by atoms with E-state index in [2.05, 4.69) is 6.07 Å². The first kappa shape index (κ1) is 16.2. The third-order valence-electron chi connectivity index (χ3n) is 3.07. The second-order valence-corrected chi connectivity index (χ2v) is 5.98. The summed E-state index contributed by atoms with van der Waals surface area (Å²) in [6.45, 7) is 5.65. The number of hydrogen-bond acceptors (Lipinski definition) is 3. The van der Waals surface area contributed by atoms with Gasteiger partial charge in [0.2, 0.25) is 0 Å². The standard InChI is InChI=1S/C18H19FNO2/c1-18(2,3)22-17(21)12-8-9-13(11-20)15(10-12)14-6-4-5-7-16(14)19/h4,6-10H,11,20H2,1-3H3. The number of halogens is 1. The lowest BCUT2D eigenvalue weighted by atomic mass is 9.96. The molecular weight excluding hydrogens is 281 g/mol. The van der Waals surface area contributed by atoms with Crippen LogP contribution in [0.1, 0.15) is 36.7 Å². The molecular formula is C18H19FNO2. The van der Waals surface area contributed by atoms with Crippen molar-refractivity contribution in [3.8, 4) is 11.1 Å². The van der Waals surface area contributed by atoms with Crippen molar-refractivity contribution < 1.29 is 13.9 Å². The Labute approximate surface area is 129 Å². The largest absolute Gasteiger partial charge is 0.456 e. The smallest absolute Gasteiger partial charge is 0.338 e. The third kappa shape index (κ3) is 3.71. The lowest BCUT2D eigenvalue weighted by Crippen LogP contribution is -2.24. The fraction of sp³-hybridized carbons (Fsp3) is 0.278. The summed E-state index contributed by atoms with van der Waals surface area (Å²) in [7, 11) is 0. The predicted octanol–water partition coefficient (Wildman–Crippen LogP) is 3.71. The normalized spacial score (nSPS) is 11.3. The molecule has 0 aromatic heterocycles. The van der Waals surface area contributed by atoms with Gasteiger partial charge < -0.3 is 10.5 Å². The molecule has 3 nitrogen and oxygen atoms in total. The van der Waals surface area contributed by atoms with Gasteiger partial charge in [-0.15, -0.1) is 0 Å². The van der Waals surface area contributed by atoms with Gasteiger partial charge in [0, 0.05) is 12.1 Å². The zero-order valence-electron chi connectivity index (χ0n) is 12.9. The summed E-state index contributed by atoms with van der Waals surface area (Å²) in [5, 5.41) is 0. The van der Waals surface area contributed by atoms with E-state index < -0.39 is 17.4 Å². The SMILES string of the molecule is CC(C)(C)OC(=O)c1ccc(CN)c(-c2cc[c]cc2F)c1. The molecule has 0 atom stereocenters. The van der Waals surface area contributed by atoms with Crippen LogP contribution in [-0.2, 0) is 11.3 Å². The highest BCUT2D eigenvalue weighted by Gasteiger charge is 2.19. The molecule has 4 heteroatoms. The van der Waals surface area contributed by atoms with Crippen molar-refractivity contribution >= 4 is 5.97 Å². The van der Waals surface area contributed by atoms with E-state index in [0.29, 0.717) is 16.7 Å². The number of esters is 1. The topological polar surface area (TPSA) is 52.3 Å². The molecule has 1 radical (unpaired) electrons. The van der Waals surface area contributed by atoms with Crippen molar-refractivity contribution in [2.75, 3.05) is 0 Å². The highest BCUT2D eigenvalue weighted by molar-refractivity contribution is 5.91. The second kappa shape index (κ2) is 6.28. The summed E-state index contributed by atoms with van der Waals surface area (Å²) in [4.78, 5) is 12.2. The maximum Gasteiger partial charge on any atom is 0.338 e. The summed E-state index contributed by atoms with van der Waals surface area (Å²) in [6.07, 6.45) is 0. The zero-order valence-corrected chi connectivity index (χ0v) is 12.9. The van der Waals surface area contributed by atoms with Crippen LogP contribution in [0.5, 0.6) is 0 Å². The maximum absolute atomic E-state index is 14.0. The van der Waals surface area contributed by atoms with Crippen LogP contribution in [0, 0.1) is 11.9 Å². The Bertz CT molecular complexity index is 690. The minimum atomic E-state index is -0.587. The number of benzene rings is 2. The van der Waals surface area contributed by atoms with Crippen LogP contribution in [0.15, 0.2) is 36.4 Å². The number of carbonyl (C=O) groups is 1. The second-order valence-electron chi connectivity index (χ2n) is 5.98. The van der Waals surface area contributed by atoms with Crippen LogP contribution in [0.3, 0.4) is 0 Å². The Morgan fingerprint density at radius 3 is 2.59 bits per heavy atom. The molecule has 2 N–H and O–H groups in total. The van der Waals surface area contributed by atoms with E-state index in [1.54, 1.807) is 51.1 Å². The number of rotatable bonds is 3. The van der Waals surface area contributed by atoms with Crippen LogP contribution < -0.4 is 5.73 Å². The van der Waals surface area contributed by atoms with Gasteiger partial charge in [-0.3, -0.25) is 0 Å². The van der Waals surface area contributed by atoms with E-state index in [-0.39, 0.29) is 6.54 Å². The minimum Gasteiger partial charge on any atom is -0.456 e. The van der Waals surface area contributed by atoms with Crippen molar-refractivity contribution in [2.24, 2.45) is 5.73 Å². The lowest BCUT2D eigenvalue weighted by Gasteiger charge is -2.20. The van der Waals surface area contributed by atoms with Crippen LogP contribution in [-0.4, -0.2) is 11.6 Å². The summed E-state index contributed by atoms with van der Waals surface area (Å²) in [6, 6.07) is 12.2. The Morgan fingerprint density at radius 1 is 1.27 bits per heavy atom. The maximum atomic E-state index is 14.0. The van der Waals surface area contributed by atoms with Gasteiger partial charge in [-0.05, 0) is 56.2 Å². The van der Waals surface area contributed by atoms with Crippen molar-refractivity contribution in [3.05, 3.63) is 59.4 Å². The predicted molar refractivity (Wildman–Crippen MR) is 83.7 cm³/mol. The first-order chi connectivity index (χ1) is 10.3. The summed E-state index contributed by atoms with van der Waals surface area (Å²) >= 11 is 0. The van der Waals surface area contributed by atoms with E-state index in [9.17, 15) is 9.18 Å². The fourth-order valence-corrected chi connectivity index (χ4v) is 2.10. The molecule has 0 aliphatic heterocycles. The number of nitrogens with two attached hydrogens (primary N) is 1. The minimum absolute atomic E-state index is 0.252. The van der Waals surface area contributed by atoms with Gasteiger partial charge in [-0.1, -0.05) is 18.2 Å². The summed E-state index contributed by atoms with van der Waals surface area (Å²) in [5.74, 6) is -0.848. The highest BCUT2D eigenvalue weighted by Crippen LogP contribution is 2.28. The molecule has 0 bridgehead atoms. The van der Waals surface area contributed by atoms with E-state index in [4.69, 9.17) is 10.5 Å². The molecule has 0 amide bonds. The Balaban J connectivity index is 2.48. The Hall–Kier alpha value is -2.20. The van der Waals surface area contributed by atoms with E-state index in [1.165, 1.54) is 6.07 Å². The summed E-state index contributed by atoms with van der Waals surface area (Å²) < 4.78 is 19.4. The molecule has 0 aliphatic rings. The molecule has 0 spiro atoms.